The molecule has 0 bridgehead atoms. The third kappa shape index (κ3) is 4.00. The van der Waals surface area contributed by atoms with Crippen LogP contribution in [0.5, 0.6) is 11.5 Å². The minimum Gasteiger partial charge on any atom is -0.497 e. The third-order valence-electron chi connectivity index (χ3n) is 3.96. The van der Waals surface area contributed by atoms with Gasteiger partial charge in [-0.3, -0.25) is 4.79 Å². The fourth-order valence-corrected chi connectivity index (χ4v) is 2.34. The molecular formula is C19H19N3O4. The second kappa shape index (κ2) is 7.69. The van der Waals surface area contributed by atoms with Gasteiger partial charge in [0.2, 0.25) is 5.82 Å². The Labute approximate surface area is 150 Å². The van der Waals surface area contributed by atoms with Crippen molar-refractivity contribution >= 4 is 11.7 Å². The quantitative estimate of drug-likeness (QED) is 0.731. The van der Waals surface area contributed by atoms with Crippen molar-refractivity contribution in [1.29, 1.82) is 0 Å². The molecule has 7 heteroatoms. The lowest BCUT2D eigenvalue weighted by molar-refractivity contribution is -0.118. The molecular weight excluding hydrogens is 334 g/mol. The predicted octanol–water partition coefficient (Wildman–Crippen LogP) is 3.38. The normalized spacial score (nSPS) is 10.4. The number of carbonyl (C=O) groups is 1. The number of rotatable bonds is 6. The molecule has 7 nitrogen and oxygen atoms in total. The summed E-state index contributed by atoms with van der Waals surface area (Å²) in [7, 11) is 1.59. The van der Waals surface area contributed by atoms with Crippen molar-refractivity contribution < 1.29 is 18.9 Å². The standard InChI is InChI=1S/C19H19N3O4/c1-12-4-5-14(10-13(12)2)18-19(22-26-21-18)20-17(23)11-25-16-8-6-15(24-3)7-9-16/h4-10H,11H2,1-3H3,(H,20,22,23). The van der Waals surface area contributed by atoms with E-state index in [1.54, 1.807) is 31.4 Å². The van der Waals surface area contributed by atoms with E-state index >= 15 is 0 Å². The van der Waals surface area contributed by atoms with E-state index in [9.17, 15) is 4.79 Å². The van der Waals surface area contributed by atoms with Crippen LogP contribution in [0.2, 0.25) is 0 Å². The molecule has 2 aromatic carbocycles. The van der Waals surface area contributed by atoms with Gasteiger partial charge in [0, 0.05) is 5.56 Å². The Morgan fingerprint density at radius 1 is 1.04 bits per heavy atom. The Kier molecular flexibility index (Phi) is 5.17. The highest BCUT2D eigenvalue weighted by atomic mass is 16.6. The van der Waals surface area contributed by atoms with Gasteiger partial charge in [0.1, 0.15) is 11.5 Å². The first-order chi connectivity index (χ1) is 12.6. The summed E-state index contributed by atoms with van der Waals surface area (Å²) in [5.41, 5.74) is 3.58. The highest BCUT2D eigenvalue weighted by molar-refractivity contribution is 5.94. The Hall–Kier alpha value is -3.35. The first-order valence-corrected chi connectivity index (χ1v) is 8.03. The van der Waals surface area contributed by atoms with Gasteiger partial charge in [-0.25, -0.2) is 4.63 Å². The maximum absolute atomic E-state index is 12.1. The van der Waals surface area contributed by atoms with Gasteiger partial charge in [-0.1, -0.05) is 12.1 Å². The van der Waals surface area contributed by atoms with Crippen LogP contribution < -0.4 is 14.8 Å². The summed E-state index contributed by atoms with van der Waals surface area (Å²) in [6.07, 6.45) is 0. The molecule has 3 aromatic rings. The fraction of sp³-hybridized carbons (Fsp3) is 0.211. The number of nitrogens with one attached hydrogen (secondary N) is 1. The number of anilines is 1. The molecule has 0 aliphatic heterocycles. The minimum atomic E-state index is -0.360. The topological polar surface area (TPSA) is 86.5 Å². The Morgan fingerprint density at radius 3 is 2.46 bits per heavy atom. The first-order valence-electron chi connectivity index (χ1n) is 8.03. The summed E-state index contributed by atoms with van der Waals surface area (Å²) in [5.74, 6) is 1.18. The molecule has 1 aromatic heterocycles. The van der Waals surface area contributed by atoms with Crippen molar-refractivity contribution in [2.24, 2.45) is 0 Å². The fourth-order valence-electron chi connectivity index (χ4n) is 2.34. The van der Waals surface area contributed by atoms with Gasteiger partial charge < -0.3 is 14.8 Å². The van der Waals surface area contributed by atoms with Gasteiger partial charge in [-0.05, 0) is 65.6 Å². The molecule has 1 amide bonds. The molecule has 26 heavy (non-hydrogen) atoms. The molecule has 0 aliphatic carbocycles. The van der Waals surface area contributed by atoms with Crippen LogP contribution in [0.25, 0.3) is 11.3 Å². The SMILES string of the molecule is COc1ccc(OCC(=O)Nc2nonc2-c2ccc(C)c(C)c2)cc1. The van der Waals surface area contributed by atoms with Crippen molar-refractivity contribution in [3.8, 4) is 22.8 Å². The van der Waals surface area contributed by atoms with E-state index in [4.69, 9.17) is 14.1 Å². The number of hydrogen-bond donors (Lipinski definition) is 1. The molecule has 134 valence electrons. The number of amides is 1. The largest absolute Gasteiger partial charge is 0.497 e. The zero-order valence-electron chi connectivity index (χ0n) is 14.8. The molecule has 0 saturated heterocycles. The smallest absolute Gasteiger partial charge is 0.263 e. The highest BCUT2D eigenvalue weighted by Gasteiger charge is 2.16. The minimum absolute atomic E-state index is 0.161. The number of hydrogen-bond acceptors (Lipinski definition) is 6. The third-order valence-corrected chi connectivity index (χ3v) is 3.96. The number of benzene rings is 2. The van der Waals surface area contributed by atoms with Gasteiger partial charge in [-0.2, -0.15) is 0 Å². The molecule has 3 rings (SSSR count). The lowest BCUT2D eigenvalue weighted by Crippen LogP contribution is -2.20. The molecule has 0 unspecified atom stereocenters. The second-order valence-corrected chi connectivity index (χ2v) is 5.77. The molecule has 0 aliphatic rings. The number of nitrogens with zero attached hydrogens (tertiary/aromatic N) is 2. The van der Waals surface area contributed by atoms with Gasteiger partial charge in [0.05, 0.1) is 7.11 Å². The monoisotopic (exact) mass is 353 g/mol. The lowest BCUT2D eigenvalue weighted by atomic mass is 10.0. The maximum atomic E-state index is 12.1. The van der Waals surface area contributed by atoms with Crippen molar-refractivity contribution in [3.05, 3.63) is 53.6 Å². The molecule has 0 fully saturated rings. The number of aromatic nitrogens is 2. The van der Waals surface area contributed by atoms with E-state index in [1.807, 2.05) is 32.0 Å². The van der Waals surface area contributed by atoms with Gasteiger partial charge in [-0.15, -0.1) is 0 Å². The summed E-state index contributed by atoms with van der Waals surface area (Å²) < 4.78 is 15.3. The van der Waals surface area contributed by atoms with Crippen LogP contribution in [-0.4, -0.2) is 29.9 Å². The molecule has 0 atom stereocenters. The average molecular weight is 353 g/mol. The number of ether oxygens (including phenoxy) is 2. The van der Waals surface area contributed by atoms with E-state index in [0.717, 1.165) is 11.1 Å². The molecule has 1 heterocycles. The van der Waals surface area contributed by atoms with Crippen molar-refractivity contribution in [2.45, 2.75) is 13.8 Å². The molecule has 0 spiro atoms. The van der Waals surface area contributed by atoms with Crippen LogP contribution >= 0.6 is 0 Å². The average Bonchev–Trinajstić information content (AvgIpc) is 3.10. The van der Waals surface area contributed by atoms with Gasteiger partial charge >= 0.3 is 0 Å². The maximum Gasteiger partial charge on any atom is 0.263 e. The van der Waals surface area contributed by atoms with Crippen LogP contribution in [0.1, 0.15) is 11.1 Å². The van der Waals surface area contributed by atoms with Crippen LogP contribution in [-0.2, 0) is 4.79 Å². The number of methoxy groups -OCH3 is 1. The Balaban J connectivity index is 1.64. The van der Waals surface area contributed by atoms with Gasteiger partial charge in [0.15, 0.2) is 12.3 Å². The van der Waals surface area contributed by atoms with Crippen LogP contribution in [0.3, 0.4) is 0 Å². The molecule has 0 saturated carbocycles. The van der Waals surface area contributed by atoms with Crippen molar-refractivity contribution in [3.63, 3.8) is 0 Å². The summed E-state index contributed by atoms with van der Waals surface area (Å²) in [6.45, 7) is 3.87. The first kappa shape index (κ1) is 17.5. The Bertz CT molecular complexity index is 903. The number of carbonyl (C=O) groups excluding carboxylic acids is 1. The summed E-state index contributed by atoms with van der Waals surface area (Å²) in [5, 5.41) is 10.3. The molecule has 0 radical (unpaired) electrons. The van der Waals surface area contributed by atoms with Crippen LogP contribution in [0.4, 0.5) is 5.82 Å². The van der Waals surface area contributed by atoms with E-state index in [1.165, 1.54) is 5.56 Å². The van der Waals surface area contributed by atoms with Crippen molar-refractivity contribution in [1.82, 2.24) is 10.3 Å². The van der Waals surface area contributed by atoms with Crippen LogP contribution in [0.15, 0.2) is 47.1 Å². The number of aryl methyl sites for hydroxylation is 2. The summed E-state index contributed by atoms with van der Waals surface area (Å²) >= 11 is 0. The van der Waals surface area contributed by atoms with E-state index < -0.39 is 0 Å². The summed E-state index contributed by atoms with van der Waals surface area (Å²) in [6, 6.07) is 12.8. The van der Waals surface area contributed by atoms with E-state index in [2.05, 4.69) is 15.6 Å². The van der Waals surface area contributed by atoms with Crippen LogP contribution in [0, 0.1) is 13.8 Å². The predicted molar refractivity (Wildman–Crippen MR) is 96.3 cm³/mol. The van der Waals surface area contributed by atoms with Crippen molar-refractivity contribution in [2.75, 3.05) is 19.0 Å². The second-order valence-electron chi connectivity index (χ2n) is 5.77. The van der Waals surface area contributed by atoms with E-state index in [-0.39, 0.29) is 18.3 Å². The summed E-state index contributed by atoms with van der Waals surface area (Å²) in [4.78, 5) is 12.1. The zero-order valence-corrected chi connectivity index (χ0v) is 14.8. The highest BCUT2D eigenvalue weighted by Crippen LogP contribution is 2.26. The Morgan fingerprint density at radius 2 is 1.77 bits per heavy atom. The van der Waals surface area contributed by atoms with E-state index in [0.29, 0.717) is 17.2 Å². The molecule has 1 N–H and O–H groups in total. The lowest BCUT2D eigenvalue weighted by Gasteiger charge is -2.07. The zero-order chi connectivity index (χ0) is 18.5. The van der Waals surface area contributed by atoms with Gasteiger partial charge in [0.25, 0.3) is 5.91 Å².